The van der Waals surface area contributed by atoms with Crippen LogP contribution in [0.15, 0.2) is 48.5 Å². The van der Waals surface area contributed by atoms with Gasteiger partial charge in [0.05, 0.1) is 0 Å². The van der Waals surface area contributed by atoms with Crippen molar-refractivity contribution in [2.45, 2.75) is 31.2 Å². The number of ether oxygens (including phenoxy) is 1. The van der Waals surface area contributed by atoms with E-state index in [4.69, 9.17) is 4.74 Å². The number of rotatable bonds is 5. The number of carbonyl (C=O) groups is 1. The second-order valence-corrected chi connectivity index (χ2v) is 6.83. The molecule has 2 aliphatic rings. The Morgan fingerprint density at radius 3 is 2.40 bits per heavy atom. The van der Waals surface area contributed by atoms with Crippen LogP contribution in [0.1, 0.15) is 36.3 Å². The predicted molar refractivity (Wildman–Crippen MR) is 98.7 cm³/mol. The summed E-state index contributed by atoms with van der Waals surface area (Å²) >= 11 is 0. The van der Waals surface area contributed by atoms with Gasteiger partial charge in [0.2, 0.25) is 0 Å². The smallest absolute Gasteiger partial charge is 0.407 e. The van der Waals surface area contributed by atoms with Gasteiger partial charge < -0.3 is 15.4 Å². The molecule has 0 spiro atoms. The number of hydrogen-bond acceptors (Lipinski definition) is 3. The van der Waals surface area contributed by atoms with Crippen molar-refractivity contribution in [3.05, 3.63) is 59.7 Å². The van der Waals surface area contributed by atoms with Gasteiger partial charge in [-0.25, -0.2) is 4.79 Å². The standard InChI is InChI=1S/C21H24N2O2/c24-21(23-13-11-15-6-5-12-22-15)25-14-20-18-9-3-1-7-16(18)17-8-2-4-10-19(17)20/h1-4,7-10,15,20,22H,5-6,11-14H2,(H,23,24)/t15-/m1/s1. The molecule has 1 heterocycles. The zero-order chi connectivity index (χ0) is 17.1. The highest BCUT2D eigenvalue weighted by atomic mass is 16.5. The highest BCUT2D eigenvalue weighted by molar-refractivity contribution is 5.79. The van der Waals surface area contributed by atoms with Gasteiger partial charge in [-0.15, -0.1) is 0 Å². The Kier molecular flexibility index (Phi) is 4.70. The Morgan fingerprint density at radius 1 is 1.08 bits per heavy atom. The zero-order valence-electron chi connectivity index (χ0n) is 14.3. The van der Waals surface area contributed by atoms with Crippen LogP contribution in [0.2, 0.25) is 0 Å². The van der Waals surface area contributed by atoms with Gasteiger partial charge in [-0.2, -0.15) is 0 Å². The first-order valence-corrected chi connectivity index (χ1v) is 9.15. The van der Waals surface area contributed by atoms with Crippen LogP contribution in [0.25, 0.3) is 11.1 Å². The third-order valence-corrected chi connectivity index (χ3v) is 5.27. The third kappa shape index (κ3) is 3.40. The lowest BCUT2D eigenvalue weighted by molar-refractivity contribution is 0.142. The van der Waals surface area contributed by atoms with E-state index in [0.717, 1.165) is 13.0 Å². The minimum Gasteiger partial charge on any atom is -0.449 e. The van der Waals surface area contributed by atoms with Gasteiger partial charge in [0.25, 0.3) is 0 Å². The van der Waals surface area contributed by atoms with E-state index in [1.54, 1.807) is 0 Å². The second-order valence-electron chi connectivity index (χ2n) is 6.83. The summed E-state index contributed by atoms with van der Waals surface area (Å²) in [7, 11) is 0. The second kappa shape index (κ2) is 7.28. The number of benzene rings is 2. The highest BCUT2D eigenvalue weighted by Gasteiger charge is 2.28. The lowest BCUT2D eigenvalue weighted by Crippen LogP contribution is -2.31. The molecule has 4 nitrogen and oxygen atoms in total. The monoisotopic (exact) mass is 336 g/mol. The molecule has 130 valence electrons. The topological polar surface area (TPSA) is 50.4 Å². The van der Waals surface area contributed by atoms with E-state index in [-0.39, 0.29) is 12.0 Å². The molecule has 2 aromatic carbocycles. The maximum absolute atomic E-state index is 12.0. The average molecular weight is 336 g/mol. The lowest BCUT2D eigenvalue weighted by Gasteiger charge is -2.15. The molecule has 1 amide bonds. The van der Waals surface area contributed by atoms with Crippen molar-refractivity contribution < 1.29 is 9.53 Å². The molecule has 0 radical (unpaired) electrons. The maximum Gasteiger partial charge on any atom is 0.407 e. The fourth-order valence-electron chi connectivity index (χ4n) is 4.00. The van der Waals surface area contributed by atoms with Crippen LogP contribution in [0, 0.1) is 0 Å². The molecular formula is C21H24N2O2. The Hall–Kier alpha value is -2.33. The summed E-state index contributed by atoms with van der Waals surface area (Å²) in [6, 6.07) is 17.3. The minimum atomic E-state index is -0.320. The van der Waals surface area contributed by atoms with Crippen LogP contribution in [-0.4, -0.2) is 31.8 Å². The van der Waals surface area contributed by atoms with Gasteiger partial charge in [-0.05, 0) is 48.1 Å². The van der Waals surface area contributed by atoms with E-state index in [9.17, 15) is 4.79 Å². The van der Waals surface area contributed by atoms with E-state index in [0.29, 0.717) is 19.2 Å². The highest BCUT2D eigenvalue weighted by Crippen LogP contribution is 2.44. The van der Waals surface area contributed by atoms with Gasteiger partial charge in [0.15, 0.2) is 0 Å². The molecule has 1 aliphatic heterocycles. The average Bonchev–Trinajstić information content (AvgIpc) is 3.26. The molecule has 2 aromatic rings. The Labute approximate surface area is 148 Å². The first kappa shape index (κ1) is 16.2. The first-order chi connectivity index (χ1) is 12.3. The van der Waals surface area contributed by atoms with Crippen molar-refractivity contribution in [1.82, 2.24) is 10.6 Å². The van der Waals surface area contributed by atoms with Gasteiger partial charge in [-0.1, -0.05) is 48.5 Å². The zero-order valence-corrected chi connectivity index (χ0v) is 14.3. The van der Waals surface area contributed by atoms with E-state index >= 15 is 0 Å². The molecule has 0 unspecified atom stereocenters. The molecule has 1 atom stereocenters. The minimum absolute atomic E-state index is 0.120. The van der Waals surface area contributed by atoms with E-state index < -0.39 is 0 Å². The molecule has 25 heavy (non-hydrogen) atoms. The normalized spacial score (nSPS) is 18.6. The molecule has 0 bridgehead atoms. The largest absolute Gasteiger partial charge is 0.449 e. The number of alkyl carbamates (subject to hydrolysis) is 1. The Morgan fingerprint density at radius 2 is 1.76 bits per heavy atom. The van der Waals surface area contributed by atoms with Crippen molar-refractivity contribution in [1.29, 1.82) is 0 Å². The Balaban J connectivity index is 1.35. The number of amides is 1. The van der Waals surface area contributed by atoms with Crippen molar-refractivity contribution in [2.75, 3.05) is 19.7 Å². The van der Waals surface area contributed by atoms with Crippen LogP contribution in [0.5, 0.6) is 0 Å². The van der Waals surface area contributed by atoms with E-state index in [1.807, 2.05) is 12.1 Å². The number of nitrogens with one attached hydrogen (secondary N) is 2. The summed E-state index contributed by atoms with van der Waals surface area (Å²) in [5.74, 6) is 0.120. The predicted octanol–water partition coefficient (Wildman–Crippen LogP) is 3.67. The van der Waals surface area contributed by atoms with Crippen LogP contribution in [0.4, 0.5) is 4.79 Å². The first-order valence-electron chi connectivity index (χ1n) is 9.15. The molecule has 1 saturated heterocycles. The number of carbonyl (C=O) groups excluding carboxylic acids is 1. The van der Waals surface area contributed by atoms with Gasteiger partial charge in [0, 0.05) is 18.5 Å². The molecule has 0 aromatic heterocycles. The molecule has 1 aliphatic carbocycles. The SMILES string of the molecule is O=C(NCC[C@H]1CCCN1)OCC1c2ccccc2-c2ccccc21. The summed E-state index contributed by atoms with van der Waals surface area (Å²) in [5.41, 5.74) is 4.98. The van der Waals surface area contributed by atoms with Crippen molar-refractivity contribution in [3.63, 3.8) is 0 Å². The van der Waals surface area contributed by atoms with Crippen LogP contribution >= 0.6 is 0 Å². The molecule has 0 saturated carbocycles. The summed E-state index contributed by atoms with van der Waals surface area (Å²) in [4.78, 5) is 12.0. The van der Waals surface area contributed by atoms with E-state index in [2.05, 4.69) is 47.0 Å². The molecule has 2 N–H and O–H groups in total. The van der Waals surface area contributed by atoms with Crippen molar-refractivity contribution in [2.24, 2.45) is 0 Å². The van der Waals surface area contributed by atoms with Crippen LogP contribution < -0.4 is 10.6 Å². The van der Waals surface area contributed by atoms with Crippen LogP contribution in [-0.2, 0) is 4.74 Å². The fraction of sp³-hybridized carbons (Fsp3) is 0.381. The molecule has 1 fully saturated rings. The molecular weight excluding hydrogens is 312 g/mol. The maximum atomic E-state index is 12.0. The molecule has 4 rings (SSSR count). The Bertz CT molecular complexity index is 708. The van der Waals surface area contributed by atoms with Gasteiger partial charge >= 0.3 is 6.09 Å². The third-order valence-electron chi connectivity index (χ3n) is 5.27. The quantitative estimate of drug-likeness (QED) is 0.876. The molecule has 4 heteroatoms. The lowest BCUT2D eigenvalue weighted by atomic mass is 9.98. The summed E-state index contributed by atoms with van der Waals surface area (Å²) in [5, 5.41) is 6.32. The van der Waals surface area contributed by atoms with E-state index in [1.165, 1.54) is 35.1 Å². The van der Waals surface area contributed by atoms with Gasteiger partial charge in [-0.3, -0.25) is 0 Å². The summed E-state index contributed by atoms with van der Waals surface area (Å²) in [6.07, 6.45) is 3.08. The fourth-order valence-corrected chi connectivity index (χ4v) is 4.00. The summed E-state index contributed by atoms with van der Waals surface area (Å²) < 4.78 is 5.53. The number of fused-ring (bicyclic) bond motifs is 3. The van der Waals surface area contributed by atoms with Crippen LogP contribution in [0.3, 0.4) is 0 Å². The van der Waals surface area contributed by atoms with Crippen molar-refractivity contribution >= 4 is 6.09 Å². The van der Waals surface area contributed by atoms with Gasteiger partial charge in [0.1, 0.15) is 6.61 Å². The number of hydrogen-bond donors (Lipinski definition) is 2. The summed E-state index contributed by atoms with van der Waals surface area (Å²) in [6.45, 7) is 2.13. The van der Waals surface area contributed by atoms with Crippen molar-refractivity contribution in [3.8, 4) is 11.1 Å².